The Balaban J connectivity index is 2.17. The number of hydrogen-bond donors (Lipinski definition) is 2. The standard InChI is InChI=1S/C21H30N2O6/c1-13-7-5-6-10-15(13)23-20(28)18(16(24)11-12-17(25)26)19(27)22(21(23)29)14-8-3-2-4-9-14/h13-15,28H,2-12H2,1H3,(H,25,26). The number of carbonyl (C=O) groups excluding carboxylic acids is 1. The van der Waals surface area contributed by atoms with Gasteiger partial charge in [0.25, 0.3) is 5.56 Å². The SMILES string of the molecule is CC1CCCCC1n1c(O)c(C(=O)CCC(=O)O)c(=O)n(C2CCCCC2)c1=O. The van der Waals surface area contributed by atoms with E-state index in [4.69, 9.17) is 5.11 Å². The fourth-order valence-electron chi connectivity index (χ4n) is 4.86. The van der Waals surface area contributed by atoms with Gasteiger partial charge in [-0.3, -0.25) is 23.5 Å². The minimum Gasteiger partial charge on any atom is -0.494 e. The number of carboxylic acids is 1. The molecule has 2 aliphatic carbocycles. The van der Waals surface area contributed by atoms with Gasteiger partial charge < -0.3 is 10.2 Å². The monoisotopic (exact) mass is 406 g/mol. The third-order valence-corrected chi connectivity index (χ3v) is 6.48. The van der Waals surface area contributed by atoms with Crippen LogP contribution in [0.1, 0.15) is 100.0 Å². The lowest BCUT2D eigenvalue weighted by atomic mass is 9.85. The van der Waals surface area contributed by atoms with E-state index in [-0.39, 0.29) is 24.4 Å². The van der Waals surface area contributed by atoms with E-state index in [1.807, 2.05) is 6.92 Å². The minimum absolute atomic E-state index is 0.131. The molecule has 1 aromatic heterocycles. The van der Waals surface area contributed by atoms with E-state index < -0.39 is 40.9 Å². The summed E-state index contributed by atoms with van der Waals surface area (Å²) >= 11 is 0. The van der Waals surface area contributed by atoms with E-state index in [1.54, 1.807) is 0 Å². The van der Waals surface area contributed by atoms with Gasteiger partial charge in [-0.05, 0) is 31.6 Å². The summed E-state index contributed by atoms with van der Waals surface area (Å²) in [5, 5.41) is 19.8. The highest BCUT2D eigenvalue weighted by Crippen LogP contribution is 2.36. The normalized spacial score (nSPS) is 23.1. The van der Waals surface area contributed by atoms with E-state index in [2.05, 4.69) is 0 Å². The first-order valence-electron chi connectivity index (χ1n) is 10.7. The van der Waals surface area contributed by atoms with Crippen molar-refractivity contribution in [3.63, 3.8) is 0 Å². The van der Waals surface area contributed by atoms with Gasteiger partial charge in [0.2, 0.25) is 5.88 Å². The van der Waals surface area contributed by atoms with Crippen LogP contribution in [0.3, 0.4) is 0 Å². The maximum Gasteiger partial charge on any atom is 0.334 e. The third kappa shape index (κ3) is 4.31. The van der Waals surface area contributed by atoms with Gasteiger partial charge in [0, 0.05) is 18.5 Å². The van der Waals surface area contributed by atoms with Crippen molar-refractivity contribution in [1.82, 2.24) is 9.13 Å². The Bertz CT molecular complexity index is 894. The molecule has 0 aromatic carbocycles. The van der Waals surface area contributed by atoms with Gasteiger partial charge in [-0.1, -0.05) is 39.0 Å². The number of aliphatic carboxylic acids is 1. The molecule has 160 valence electrons. The minimum atomic E-state index is -1.15. The summed E-state index contributed by atoms with van der Waals surface area (Å²) in [4.78, 5) is 50.1. The molecular formula is C21H30N2O6. The zero-order valence-corrected chi connectivity index (χ0v) is 16.9. The van der Waals surface area contributed by atoms with Crippen LogP contribution >= 0.6 is 0 Å². The third-order valence-electron chi connectivity index (χ3n) is 6.48. The second-order valence-electron chi connectivity index (χ2n) is 8.46. The lowest BCUT2D eigenvalue weighted by molar-refractivity contribution is -0.136. The Morgan fingerprint density at radius 2 is 1.55 bits per heavy atom. The molecule has 29 heavy (non-hydrogen) atoms. The number of rotatable bonds is 6. The highest BCUT2D eigenvalue weighted by atomic mass is 16.4. The van der Waals surface area contributed by atoms with Crippen molar-refractivity contribution in [3.8, 4) is 5.88 Å². The fourth-order valence-corrected chi connectivity index (χ4v) is 4.86. The molecule has 0 saturated heterocycles. The topological polar surface area (TPSA) is 119 Å². The number of carboxylic acid groups (broad SMARTS) is 1. The summed E-state index contributed by atoms with van der Waals surface area (Å²) in [6.45, 7) is 2.01. The van der Waals surface area contributed by atoms with Crippen LogP contribution in [0.25, 0.3) is 0 Å². The number of Topliss-reactive ketones (excluding diaryl/α,β-unsaturated/α-hetero) is 1. The first-order valence-corrected chi connectivity index (χ1v) is 10.7. The Labute approximate surface area is 169 Å². The summed E-state index contributed by atoms with van der Waals surface area (Å²) in [7, 11) is 0. The molecule has 1 aromatic rings. The van der Waals surface area contributed by atoms with Crippen molar-refractivity contribution in [3.05, 3.63) is 26.4 Å². The van der Waals surface area contributed by atoms with E-state index in [0.717, 1.165) is 43.1 Å². The first-order chi connectivity index (χ1) is 13.8. The highest BCUT2D eigenvalue weighted by Gasteiger charge is 2.33. The van der Waals surface area contributed by atoms with Gasteiger partial charge in [-0.15, -0.1) is 0 Å². The number of aromatic hydroxyl groups is 1. The molecule has 0 radical (unpaired) electrons. The predicted molar refractivity (Wildman–Crippen MR) is 107 cm³/mol. The molecule has 2 saturated carbocycles. The van der Waals surface area contributed by atoms with Gasteiger partial charge in [0.15, 0.2) is 5.78 Å². The zero-order chi connectivity index (χ0) is 21.1. The smallest absolute Gasteiger partial charge is 0.334 e. The molecule has 8 heteroatoms. The Morgan fingerprint density at radius 1 is 0.931 bits per heavy atom. The van der Waals surface area contributed by atoms with Gasteiger partial charge in [0.05, 0.1) is 6.42 Å². The van der Waals surface area contributed by atoms with Gasteiger partial charge in [-0.2, -0.15) is 0 Å². The van der Waals surface area contributed by atoms with Crippen molar-refractivity contribution < 1.29 is 19.8 Å². The van der Waals surface area contributed by atoms with Gasteiger partial charge in [-0.25, -0.2) is 4.79 Å². The number of aromatic nitrogens is 2. The molecule has 0 bridgehead atoms. The number of nitrogens with zero attached hydrogens (tertiary/aromatic N) is 2. The maximum atomic E-state index is 13.4. The van der Waals surface area contributed by atoms with E-state index in [9.17, 15) is 24.3 Å². The van der Waals surface area contributed by atoms with Crippen molar-refractivity contribution in [2.24, 2.45) is 5.92 Å². The summed E-state index contributed by atoms with van der Waals surface area (Å²) < 4.78 is 2.40. The summed E-state index contributed by atoms with van der Waals surface area (Å²) in [5.74, 6) is -2.34. The summed E-state index contributed by atoms with van der Waals surface area (Å²) in [6, 6.07) is -0.571. The van der Waals surface area contributed by atoms with Crippen molar-refractivity contribution in [2.45, 2.75) is 89.6 Å². The molecule has 2 unspecified atom stereocenters. The Hall–Kier alpha value is -2.38. The van der Waals surface area contributed by atoms with Crippen molar-refractivity contribution in [1.29, 1.82) is 0 Å². The molecule has 8 nitrogen and oxygen atoms in total. The fraction of sp³-hybridized carbons (Fsp3) is 0.714. The van der Waals surface area contributed by atoms with Crippen LogP contribution < -0.4 is 11.2 Å². The molecule has 2 N–H and O–H groups in total. The lowest BCUT2D eigenvalue weighted by Gasteiger charge is -2.33. The van der Waals surface area contributed by atoms with Crippen molar-refractivity contribution in [2.75, 3.05) is 0 Å². The molecule has 0 amide bonds. The molecule has 3 rings (SSSR count). The zero-order valence-electron chi connectivity index (χ0n) is 16.9. The summed E-state index contributed by atoms with van der Waals surface area (Å²) in [5.41, 5.74) is -1.77. The van der Waals surface area contributed by atoms with Gasteiger partial charge >= 0.3 is 11.7 Å². The van der Waals surface area contributed by atoms with Crippen LogP contribution in [0.4, 0.5) is 0 Å². The van der Waals surface area contributed by atoms with Crippen LogP contribution in [-0.2, 0) is 4.79 Å². The second kappa shape index (κ2) is 8.97. The lowest BCUT2D eigenvalue weighted by Crippen LogP contribution is -2.47. The van der Waals surface area contributed by atoms with E-state index in [1.165, 1.54) is 4.57 Å². The molecule has 2 atom stereocenters. The molecule has 0 aliphatic heterocycles. The van der Waals surface area contributed by atoms with Crippen LogP contribution in [-0.4, -0.2) is 31.1 Å². The quantitative estimate of drug-likeness (QED) is 0.701. The predicted octanol–water partition coefficient (Wildman–Crippen LogP) is 3.02. The number of carbonyl (C=O) groups is 2. The largest absolute Gasteiger partial charge is 0.494 e. The highest BCUT2D eigenvalue weighted by molar-refractivity contribution is 5.99. The Morgan fingerprint density at radius 3 is 2.17 bits per heavy atom. The Kier molecular flexibility index (Phi) is 6.59. The molecule has 0 spiro atoms. The number of ketones is 1. The maximum absolute atomic E-state index is 13.4. The second-order valence-corrected chi connectivity index (χ2v) is 8.46. The molecule has 2 fully saturated rings. The average Bonchev–Trinajstić information content (AvgIpc) is 2.68. The number of hydrogen-bond acceptors (Lipinski definition) is 5. The average molecular weight is 406 g/mol. The van der Waals surface area contributed by atoms with E-state index in [0.29, 0.717) is 19.3 Å². The van der Waals surface area contributed by atoms with E-state index >= 15 is 0 Å². The van der Waals surface area contributed by atoms with Crippen molar-refractivity contribution >= 4 is 11.8 Å². The first kappa shape index (κ1) is 21.3. The van der Waals surface area contributed by atoms with Crippen LogP contribution in [0, 0.1) is 5.92 Å². The van der Waals surface area contributed by atoms with Crippen LogP contribution in [0.15, 0.2) is 9.59 Å². The van der Waals surface area contributed by atoms with Crippen LogP contribution in [0.2, 0.25) is 0 Å². The molecule has 2 aliphatic rings. The van der Waals surface area contributed by atoms with Crippen LogP contribution in [0.5, 0.6) is 5.88 Å². The van der Waals surface area contributed by atoms with Gasteiger partial charge in [0.1, 0.15) is 5.56 Å². The summed E-state index contributed by atoms with van der Waals surface area (Å²) in [6.07, 6.45) is 6.95. The molecular weight excluding hydrogens is 376 g/mol. The molecule has 1 heterocycles.